The smallest absolute Gasteiger partial charge is 0.335 e. The molecule has 2 aromatic carbocycles. The van der Waals surface area contributed by atoms with Crippen LogP contribution in [0.2, 0.25) is 0 Å². The van der Waals surface area contributed by atoms with Crippen LogP contribution in [-0.4, -0.2) is 17.0 Å². The van der Waals surface area contributed by atoms with Gasteiger partial charge in [0.05, 0.1) is 17.8 Å². The standard InChI is InChI=1S/C16H15N3O3/c1-11(20)18-14-6-2-12(3-7-14)10-17-19-15-8-4-13(5-9-15)16(21)22/h2-9H,10H2,1H3,(H,18,20)(H,21,22). The Balaban J connectivity index is 1.94. The number of hydrogen-bond donors (Lipinski definition) is 2. The summed E-state index contributed by atoms with van der Waals surface area (Å²) in [6, 6.07) is 13.5. The highest BCUT2D eigenvalue weighted by Gasteiger charge is 2.01. The summed E-state index contributed by atoms with van der Waals surface area (Å²) < 4.78 is 0. The first kappa shape index (κ1) is 15.4. The molecule has 112 valence electrons. The van der Waals surface area contributed by atoms with E-state index in [1.165, 1.54) is 19.1 Å². The number of rotatable bonds is 5. The Morgan fingerprint density at radius 3 is 2.23 bits per heavy atom. The molecule has 1 amide bonds. The van der Waals surface area contributed by atoms with E-state index in [0.29, 0.717) is 12.2 Å². The van der Waals surface area contributed by atoms with Gasteiger partial charge in [0.1, 0.15) is 0 Å². The average Bonchev–Trinajstić information content (AvgIpc) is 2.49. The molecule has 6 heteroatoms. The number of carboxylic acid groups (broad SMARTS) is 1. The predicted molar refractivity (Wildman–Crippen MR) is 82.4 cm³/mol. The van der Waals surface area contributed by atoms with Crippen molar-refractivity contribution >= 4 is 23.3 Å². The molecule has 6 nitrogen and oxygen atoms in total. The number of nitrogens with one attached hydrogen (secondary N) is 1. The third kappa shape index (κ3) is 4.52. The van der Waals surface area contributed by atoms with E-state index in [0.717, 1.165) is 11.3 Å². The summed E-state index contributed by atoms with van der Waals surface area (Å²) >= 11 is 0. The first-order valence-corrected chi connectivity index (χ1v) is 6.62. The zero-order valence-corrected chi connectivity index (χ0v) is 12.0. The van der Waals surface area contributed by atoms with Gasteiger partial charge in [-0.15, -0.1) is 0 Å². The molecular formula is C16H15N3O3. The maximum atomic E-state index is 10.9. The van der Waals surface area contributed by atoms with Crippen LogP contribution in [0.5, 0.6) is 0 Å². The quantitative estimate of drug-likeness (QED) is 0.825. The number of nitrogens with zero attached hydrogens (tertiary/aromatic N) is 2. The van der Waals surface area contributed by atoms with Gasteiger partial charge in [0.25, 0.3) is 0 Å². The van der Waals surface area contributed by atoms with Crippen molar-refractivity contribution in [2.45, 2.75) is 13.5 Å². The molecule has 0 atom stereocenters. The Labute approximate surface area is 127 Å². The largest absolute Gasteiger partial charge is 0.478 e. The minimum absolute atomic E-state index is 0.114. The number of anilines is 1. The summed E-state index contributed by atoms with van der Waals surface area (Å²) in [6.45, 7) is 1.86. The normalized spacial score (nSPS) is 10.6. The van der Waals surface area contributed by atoms with Crippen molar-refractivity contribution in [3.05, 3.63) is 59.7 Å². The van der Waals surface area contributed by atoms with Crippen molar-refractivity contribution in [2.75, 3.05) is 5.32 Å². The maximum Gasteiger partial charge on any atom is 0.335 e. The second kappa shape index (κ2) is 7.12. The number of azo groups is 1. The van der Waals surface area contributed by atoms with E-state index in [2.05, 4.69) is 15.5 Å². The maximum absolute atomic E-state index is 10.9. The van der Waals surface area contributed by atoms with Crippen LogP contribution in [0.4, 0.5) is 11.4 Å². The van der Waals surface area contributed by atoms with E-state index < -0.39 is 5.97 Å². The molecule has 2 N–H and O–H groups in total. The summed E-state index contributed by atoms with van der Waals surface area (Å²) in [5.41, 5.74) is 2.50. The molecule has 0 aliphatic carbocycles. The monoisotopic (exact) mass is 297 g/mol. The highest BCUT2D eigenvalue weighted by atomic mass is 16.4. The summed E-state index contributed by atoms with van der Waals surface area (Å²) in [5.74, 6) is -1.08. The molecule has 22 heavy (non-hydrogen) atoms. The number of carbonyl (C=O) groups is 2. The van der Waals surface area contributed by atoms with Gasteiger partial charge in [-0.2, -0.15) is 10.2 Å². The molecule has 0 aliphatic heterocycles. The number of carboxylic acids is 1. The van der Waals surface area contributed by atoms with Crippen molar-refractivity contribution in [2.24, 2.45) is 10.2 Å². The Morgan fingerprint density at radius 1 is 1.05 bits per heavy atom. The highest BCUT2D eigenvalue weighted by molar-refractivity contribution is 5.88. The third-order valence-corrected chi connectivity index (χ3v) is 2.83. The Morgan fingerprint density at radius 2 is 1.68 bits per heavy atom. The first-order chi connectivity index (χ1) is 10.5. The van der Waals surface area contributed by atoms with E-state index in [1.54, 1.807) is 24.3 Å². The lowest BCUT2D eigenvalue weighted by Crippen LogP contribution is -2.05. The topological polar surface area (TPSA) is 91.1 Å². The number of amides is 1. The number of benzene rings is 2. The molecule has 0 fully saturated rings. The van der Waals surface area contributed by atoms with Crippen LogP contribution in [0.3, 0.4) is 0 Å². The minimum Gasteiger partial charge on any atom is -0.478 e. The molecule has 0 aliphatic rings. The Kier molecular flexibility index (Phi) is 4.98. The van der Waals surface area contributed by atoms with E-state index in [4.69, 9.17) is 5.11 Å². The second-order valence-corrected chi connectivity index (χ2v) is 4.63. The molecule has 2 rings (SSSR count). The van der Waals surface area contributed by atoms with Gasteiger partial charge < -0.3 is 10.4 Å². The van der Waals surface area contributed by atoms with Crippen LogP contribution in [0, 0.1) is 0 Å². The van der Waals surface area contributed by atoms with Gasteiger partial charge in [0, 0.05) is 12.6 Å². The lowest BCUT2D eigenvalue weighted by Gasteiger charge is -2.02. The molecule has 0 spiro atoms. The van der Waals surface area contributed by atoms with Crippen LogP contribution in [-0.2, 0) is 11.3 Å². The zero-order valence-electron chi connectivity index (χ0n) is 12.0. The summed E-state index contributed by atoms with van der Waals surface area (Å²) in [5, 5.41) is 19.6. The first-order valence-electron chi connectivity index (χ1n) is 6.62. The highest BCUT2D eigenvalue weighted by Crippen LogP contribution is 2.15. The zero-order chi connectivity index (χ0) is 15.9. The Hall–Kier alpha value is -3.02. The summed E-state index contributed by atoms with van der Waals surface area (Å²) in [6.07, 6.45) is 0. The molecule has 0 radical (unpaired) electrons. The van der Waals surface area contributed by atoms with Crippen molar-refractivity contribution in [1.82, 2.24) is 0 Å². The van der Waals surface area contributed by atoms with Gasteiger partial charge >= 0.3 is 5.97 Å². The molecule has 0 saturated carbocycles. The van der Waals surface area contributed by atoms with Gasteiger partial charge in [-0.05, 0) is 42.0 Å². The number of aromatic carboxylic acids is 1. The minimum atomic E-state index is -0.970. The lowest BCUT2D eigenvalue weighted by molar-refractivity contribution is -0.114. The molecule has 0 saturated heterocycles. The van der Waals surface area contributed by atoms with E-state index in [1.807, 2.05) is 12.1 Å². The molecule has 0 unspecified atom stereocenters. The Bertz CT molecular complexity index is 692. The molecule has 2 aromatic rings. The van der Waals surface area contributed by atoms with Gasteiger partial charge in [-0.1, -0.05) is 12.1 Å². The molecule has 0 bridgehead atoms. The van der Waals surface area contributed by atoms with Crippen molar-refractivity contribution in [3.8, 4) is 0 Å². The van der Waals surface area contributed by atoms with Gasteiger partial charge in [-0.3, -0.25) is 4.79 Å². The van der Waals surface area contributed by atoms with E-state index >= 15 is 0 Å². The molecular weight excluding hydrogens is 282 g/mol. The van der Waals surface area contributed by atoms with Gasteiger partial charge in [0.2, 0.25) is 5.91 Å². The predicted octanol–water partition coefficient (Wildman–Crippen LogP) is 3.63. The summed E-state index contributed by atoms with van der Waals surface area (Å²) in [4.78, 5) is 21.6. The van der Waals surface area contributed by atoms with Crippen molar-refractivity contribution < 1.29 is 14.7 Å². The fraction of sp³-hybridized carbons (Fsp3) is 0.125. The van der Waals surface area contributed by atoms with Crippen molar-refractivity contribution in [3.63, 3.8) is 0 Å². The number of hydrogen-bond acceptors (Lipinski definition) is 4. The summed E-state index contributed by atoms with van der Waals surface area (Å²) in [7, 11) is 0. The fourth-order valence-electron chi connectivity index (χ4n) is 1.77. The number of carbonyl (C=O) groups excluding carboxylic acids is 1. The van der Waals surface area contributed by atoms with E-state index in [9.17, 15) is 9.59 Å². The van der Waals surface area contributed by atoms with Gasteiger partial charge in [-0.25, -0.2) is 4.79 Å². The van der Waals surface area contributed by atoms with Crippen LogP contribution >= 0.6 is 0 Å². The van der Waals surface area contributed by atoms with Crippen molar-refractivity contribution in [1.29, 1.82) is 0 Å². The third-order valence-electron chi connectivity index (χ3n) is 2.83. The van der Waals surface area contributed by atoms with Crippen LogP contribution in [0.25, 0.3) is 0 Å². The second-order valence-electron chi connectivity index (χ2n) is 4.63. The average molecular weight is 297 g/mol. The van der Waals surface area contributed by atoms with E-state index in [-0.39, 0.29) is 11.5 Å². The molecule has 0 heterocycles. The fourth-order valence-corrected chi connectivity index (χ4v) is 1.77. The van der Waals surface area contributed by atoms with Crippen LogP contribution in [0.15, 0.2) is 58.8 Å². The van der Waals surface area contributed by atoms with Gasteiger partial charge in [0.15, 0.2) is 0 Å². The van der Waals surface area contributed by atoms with Crippen LogP contribution < -0.4 is 5.32 Å². The molecule has 0 aromatic heterocycles. The van der Waals surface area contributed by atoms with Crippen LogP contribution in [0.1, 0.15) is 22.8 Å². The SMILES string of the molecule is CC(=O)Nc1ccc(CN=Nc2ccc(C(=O)O)cc2)cc1. The lowest BCUT2D eigenvalue weighted by atomic mass is 10.2.